The van der Waals surface area contributed by atoms with Crippen LogP contribution in [-0.2, 0) is 0 Å². The molecule has 2 aromatic heterocycles. The quantitative estimate of drug-likeness (QED) is 0.641. The first-order valence-electron chi connectivity index (χ1n) is 5.59. The van der Waals surface area contributed by atoms with Crippen LogP contribution in [-0.4, -0.2) is 4.98 Å². The normalized spacial score (nSPS) is 11.5. The van der Waals surface area contributed by atoms with Crippen LogP contribution in [0.1, 0.15) is 16.8 Å². The summed E-state index contributed by atoms with van der Waals surface area (Å²) < 4.78 is 5.55. The monoisotopic (exact) mass is 227 g/mol. The maximum Gasteiger partial charge on any atom is 0.189 e. The van der Waals surface area contributed by atoms with Crippen molar-refractivity contribution in [3.05, 3.63) is 45.4 Å². The van der Waals surface area contributed by atoms with Crippen molar-refractivity contribution in [1.29, 1.82) is 0 Å². The number of aryl methyl sites for hydroxylation is 3. The molecule has 3 aromatic rings. The first-order chi connectivity index (χ1) is 8.08. The number of fused-ring (bicyclic) bond motifs is 2. The molecule has 0 fully saturated rings. The van der Waals surface area contributed by atoms with Gasteiger partial charge in [0.25, 0.3) is 0 Å². The fourth-order valence-electron chi connectivity index (χ4n) is 2.32. The van der Waals surface area contributed by atoms with E-state index in [9.17, 15) is 4.79 Å². The number of H-pyrrole nitrogens is 1. The molecule has 17 heavy (non-hydrogen) atoms. The smallest absolute Gasteiger partial charge is 0.189 e. The zero-order valence-corrected chi connectivity index (χ0v) is 10.0. The second kappa shape index (κ2) is 3.23. The van der Waals surface area contributed by atoms with E-state index in [2.05, 4.69) is 4.98 Å². The number of aromatic amines is 1. The van der Waals surface area contributed by atoms with E-state index < -0.39 is 0 Å². The standard InChI is InChI=1S/C14H13NO2/c1-7-6-17-14-9(3)13-11(5-10(7)14)12(16)4-8(2)15-13/h4-6H,1-3H3,(H,15,16). The van der Waals surface area contributed by atoms with Crippen molar-refractivity contribution in [2.45, 2.75) is 20.8 Å². The van der Waals surface area contributed by atoms with Crippen molar-refractivity contribution in [1.82, 2.24) is 4.98 Å². The molecular formula is C14H13NO2. The number of nitrogens with one attached hydrogen (secondary N) is 1. The first-order valence-corrected chi connectivity index (χ1v) is 5.59. The van der Waals surface area contributed by atoms with Crippen molar-refractivity contribution in [3.8, 4) is 0 Å². The lowest BCUT2D eigenvalue weighted by molar-refractivity contribution is 0.611. The van der Waals surface area contributed by atoms with E-state index in [1.54, 1.807) is 12.3 Å². The molecule has 2 heterocycles. The third-order valence-electron chi connectivity index (χ3n) is 3.23. The summed E-state index contributed by atoms with van der Waals surface area (Å²) in [6.45, 7) is 5.85. The second-order valence-corrected chi connectivity index (χ2v) is 4.54. The maximum absolute atomic E-state index is 12.0. The van der Waals surface area contributed by atoms with Crippen LogP contribution in [0.2, 0.25) is 0 Å². The Morgan fingerprint density at radius 3 is 2.65 bits per heavy atom. The Labute approximate surface area is 98.1 Å². The Morgan fingerprint density at radius 1 is 1.12 bits per heavy atom. The summed E-state index contributed by atoms with van der Waals surface area (Å²) in [4.78, 5) is 15.2. The molecule has 0 unspecified atom stereocenters. The molecule has 1 N–H and O–H groups in total. The SMILES string of the molecule is Cc1cc(=O)c2cc3c(C)coc3c(C)c2[nH]1. The Bertz CT molecular complexity index is 793. The topological polar surface area (TPSA) is 46.0 Å². The van der Waals surface area contributed by atoms with Gasteiger partial charge in [-0.15, -0.1) is 0 Å². The summed E-state index contributed by atoms with van der Waals surface area (Å²) in [6.07, 6.45) is 1.73. The van der Waals surface area contributed by atoms with E-state index in [0.717, 1.165) is 38.7 Å². The van der Waals surface area contributed by atoms with Crippen LogP contribution in [0.25, 0.3) is 21.9 Å². The number of benzene rings is 1. The molecular weight excluding hydrogens is 214 g/mol. The summed E-state index contributed by atoms with van der Waals surface area (Å²) in [6, 6.07) is 3.54. The molecule has 3 heteroatoms. The molecule has 1 aromatic carbocycles. The molecule has 0 aliphatic carbocycles. The summed E-state index contributed by atoms with van der Waals surface area (Å²) >= 11 is 0. The molecule has 86 valence electrons. The van der Waals surface area contributed by atoms with Crippen molar-refractivity contribution in [2.24, 2.45) is 0 Å². The van der Waals surface area contributed by atoms with E-state index >= 15 is 0 Å². The van der Waals surface area contributed by atoms with Gasteiger partial charge in [-0.3, -0.25) is 4.79 Å². The molecule has 0 spiro atoms. The Morgan fingerprint density at radius 2 is 1.88 bits per heavy atom. The average molecular weight is 227 g/mol. The van der Waals surface area contributed by atoms with Crippen LogP contribution in [0.5, 0.6) is 0 Å². The highest BCUT2D eigenvalue weighted by molar-refractivity contribution is 5.99. The van der Waals surface area contributed by atoms with Crippen LogP contribution >= 0.6 is 0 Å². The predicted molar refractivity (Wildman–Crippen MR) is 68.6 cm³/mol. The fraction of sp³-hybridized carbons (Fsp3) is 0.214. The summed E-state index contributed by atoms with van der Waals surface area (Å²) in [5, 5.41) is 1.74. The molecule has 0 saturated carbocycles. The van der Waals surface area contributed by atoms with E-state index in [1.807, 2.05) is 26.8 Å². The predicted octanol–water partition coefficient (Wildman–Crippen LogP) is 3.20. The second-order valence-electron chi connectivity index (χ2n) is 4.54. The van der Waals surface area contributed by atoms with E-state index in [-0.39, 0.29) is 5.43 Å². The van der Waals surface area contributed by atoms with Gasteiger partial charge < -0.3 is 9.40 Å². The van der Waals surface area contributed by atoms with Crippen molar-refractivity contribution < 1.29 is 4.42 Å². The number of hydrogen-bond acceptors (Lipinski definition) is 2. The molecule has 3 nitrogen and oxygen atoms in total. The number of hydrogen-bond donors (Lipinski definition) is 1. The van der Waals surface area contributed by atoms with Gasteiger partial charge in [0, 0.05) is 28.1 Å². The Balaban J connectivity index is 2.66. The zero-order chi connectivity index (χ0) is 12.2. The molecule has 0 amide bonds. The minimum absolute atomic E-state index is 0.0573. The van der Waals surface area contributed by atoms with Gasteiger partial charge in [0.05, 0.1) is 11.8 Å². The van der Waals surface area contributed by atoms with Crippen molar-refractivity contribution in [2.75, 3.05) is 0 Å². The average Bonchev–Trinajstić information content (AvgIpc) is 2.63. The van der Waals surface area contributed by atoms with Crippen LogP contribution in [0, 0.1) is 20.8 Å². The summed E-state index contributed by atoms with van der Waals surface area (Å²) in [7, 11) is 0. The lowest BCUT2D eigenvalue weighted by Crippen LogP contribution is -2.04. The number of furan rings is 1. The first kappa shape index (κ1) is 10.1. The number of rotatable bonds is 0. The van der Waals surface area contributed by atoms with Gasteiger partial charge in [-0.05, 0) is 32.4 Å². The van der Waals surface area contributed by atoms with Crippen molar-refractivity contribution in [3.63, 3.8) is 0 Å². The molecule has 0 radical (unpaired) electrons. The van der Waals surface area contributed by atoms with Crippen molar-refractivity contribution >= 4 is 21.9 Å². The minimum Gasteiger partial charge on any atom is -0.464 e. The largest absolute Gasteiger partial charge is 0.464 e. The third kappa shape index (κ3) is 1.32. The Hall–Kier alpha value is -2.03. The van der Waals surface area contributed by atoms with Gasteiger partial charge in [-0.25, -0.2) is 0 Å². The van der Waals surface area contributed by atoms with Crippen LogP contribution in [0.15, 0.2) is 27.6 Å². The molecule has 0 aliphatic rings. The molecule has 0 bridgehead atoms. The van der Waals surface area contributed by atoms with Crippen LogP contribution in [0.4, 0.5) is 0 Å². The zero-order valence-electron chi connectivity index (χ0n) is 10.0. The lowest BCUT2D eigenvalue weighted by atomic mass is 10.0. The minimum atomic E-state index is 0.0573. The fourth-order valence-corrected chi connectivity index (χ4v) is 2.32. The van der Waals surface area contributed by atoms with E-state index in [4.69, 9.17) is 4.42 Å². The molecule has 0 atom stereocenters. The highest BCUT2D eigenvalue weighted by Crippen LogP contribution is 2.28. The van der Waals surface area contributed by atoms with Crippen LogP contribution < -0.4 is 5.43 Å². The molecule has 0 aliphatic heterocycles. The van der Waals surface area contributed by atoms with Gasteiger partial charge in [0.1, 0.15) is 5.58 Å². The molecule has 0 saturated heterocycles. The lowest BCUT2D eigenvalue weighted by Gasteiger charge is -2.04. The Kier molecular flexibility index (Phi) is 1.93. The highest BCUT2D eigenvalue weighted by Gasteiger charge is 2.11. The summed E-state index contributed by atoms with van der Waals surface area (Å²) in [5.41, 5.74) is 4.71. The van der Waals surface area contributed by atoms with Gasteiger partial charge in [0.15, 0.2) is 5.43 Å². The summed E-state index contributed by atoms with van der Waals surface area (Å²) in [5.74, 6) is 0. The number of pyridine rings is 1. The third-order valence-corrected chi connectivity index (χ3v) is 3.23. The van der Waals surface area contributed by atoms with Gasteiger partial charge in [-0.2, -0.15) is 0 Å². The van der Waals surface area contributed by atoms with Gasteiger partial charge in [0.2, 0.25) is 0 Å². The van der Waals surface area contributed by atoms with Gasteiger partial charge >= 0.3 is 0 Å². The maximum atomic E-state index is 12.0. The highest BCUT2D eigenvalue weighted by atomic mass is 16.3. The number of aromatic nitrogens is 1. The van der Waals surface area contributed by atoms with Gasteiger partial charge in [-0.1, -0.05) is 0 Å². The van der Waals surface area contributed by atoms with Crippen LogP contribution in [0.3, 0.4) is 0 Å². The molecule has 3 rings (SSSR count). The van der Waals surface area contributed by atoms with E-state index in [0.29, 0.717) is 0 Å². The van der Waals surface area contributed by atoms with E-state index in [1.165, 1.54) is 0 Å².